The fourth-order valence-electron chi connectivity index (χ4n) is 3.37. The number of carboxylic acid groups (broad SMARTS) is 1. The third-order valence-electron chi connectivity index (χ3n) is 4.77. The molecule has 0 bridgehead atoms. The number of aliphatic carboxylic acids is 1. The molecule has 1 amide bonds. The molecule has 2 fully saturated rings. The number of alkyl halides is 1. The van der Waals surface area contributed by atoms with Crippen molar-refractivity contribution in [3.63, 3.8) is 0 Å². The number of carbonyl (C=O) groups excluding carboxylic acids is 1. The molecule has 0 aromatic carbocycles. The zero-order valence-corrected chi connectivity index (χ0v) is 11.2. The molecule has 0 aromatic rings. The molecule has 110 valence electrons. The molecule has 1 spiro atoms. The van der Waals surface area contributed by atoms with Gasteiger partial charge in [0.1, 0.15) is 0 Å². The summed E-state index contributed by atoms with van der Waals surface area (Å²) in [6, 6.07) is 0. The van der Waals surface area contributed by atoms with Crippen LogP contribution in [0.1, 0.15) is 19.3 Å². The number of allylic oxidation sites excluding steroid dienone is 2. The number of ether oxygens (including phenoxy) is 1. The number of carboxylic acids is 1. The van der Waals surface area contributed by atoms with Crippen LogP contribution in [0.2, 0.25) is 0 Å². The van der Waals surface area contributed by atoms with Crippen molar-refractivity contribution in [1.29, 1.82) is 0 Å². The van der Waals surface area contributed by atoms with Gasteiger partial charge < -0.3 is 14.7 Å². The van der Waals surface area contributed by atoms with Crippen molar-refractivity contribution in [2.75, 3.05) is 26.3 Å². The molecule has 1 aliphatic carbocycles. The second kappa shape index (κ2) is 4.55. The average Bonchev–Trinajstić information content (AvgIpc) is 2.74. The molecule has 0 saturated carbocycles. The standard InChI is InChI=1S/C14H18FNO4/c15-14(12(18)19)7-16(6-13(14)8-20-9-13)11(17)10-4-2-1-3-5-10/h1-2,10H,3-9H2,(H,18,19). The van der Waals surface area contributed by atoms with Crippen molar-refractivity contribution in [3.8, 4) is 0 Å². The first kappa shape index (κ1) is 13.5. The third-order valence-corrected chi connectivity index (χ3v) is 4.77. The van der Waals surface area contributed by atoms with E-state index in [1.807, 2.05) is 12.2 Å². The molecule has 2 aliphatic heterocycles. The summed E-state index contributed by atoms with van der Waals surface area (Å²) in [5, 5.41) is 9.20. The van der Waals surface area contributed by atoms with Gasteiger partial charge in [0.2, 0.25) is 11.6 Å². The molecule has 0 aromatic heterocycles. The average molecular weight is 283 g/mol. The number of hydrogen-bond donors (Lipinski definition) is 1. The molecule has 2 heterocycles. The second-order valence-corrected chi connectivity index (χ2v) is 6.06. The SMILES string of the molecule is O=C(C1CC=CCC1)N1CC2(COC2)C(F)(C(=O)O)C1. The van der Waals surface area contributed by atoms with Gasteiger partial charge in [-0.15, -0.1) is 0 Å². The van der Waals surface area contributed by atoms with Crippen LogP contribution in [0.3, 0.4) is 0 Å². The predicted molar refractivity (Wildman–Crippen MR) is 67.8 cm³/mol. The molecule has 2 saturated heterocycles. The quantitative estimate of drug-likeness (QED) is 0.768. The van der Waals surface area contributed by atoms with Gasteiger partial charge in [0, 0.05) is 12.5 Å². The summed E-state index contributed by atoms with van der Waals surface area (Å²) >= 11 is 0. The normalized spacial score (nSPS) is 35.0. The minimum Gasteiger partial charge on any atom is -0.479 e. The zero-order chi connectivity index (χ0) is 14.4. The lowest BCUT2D eigenvalue weighted by Gasteiger charge is -2.43. The third kappa shape index (κ3) is 1.78. The van der Waals surface area contributed by atoms with Crippen molar-refractivity contribution in [1.82, 2.24) is 4.90 Å². The Balaban J connectivity index is 1.78. The monoisotopic (exact) mass is 283 g/mol. The molecule has 20 heavy (non-hydrogen) atoms. The zero-order valence-electron chi connectivity index (χ0n) is 11.2. The maximum atomic E-state index is 14.8. The minimum atomic E-state index is -2.38. The maximum absolute atomic E-state index is 14.8. The van der Waals surface area contributed by atoms with Gasteiger partial charge in [-0.05, 0) is 19.3 Å². The fraction of sp³-hybridized carbons (Fsp3) is 0.714. The highest BCUT2D eigenvalue weighted by Gasteiger charge is 2.68. The molecule has 5 nitrogen and oxygen atoms in total. The Hall–Kier alpha value is -1.43. The van der Waals surface area contributed by atoms with Crippen molar-refractivity contribution in [3.05, 3.63) is 12.2 Å². The highest BCUT2D eigenvalue weighted by atomic mass is 19.1. The van der Waals surface area contributed by atoms with E-state index in [2.05, 4.69) is 0 Å². The summed E-state index contributed by atoms with van der Waals surface area (Å²) in [4.78, 5) is 25.1. The summed E-state index contributed by atoms with van der Waals surface area (Å²) in [5.41, 5.74) is -3.44. The highest BCUT2D eigenvalue weighted by molar-refractivity contribution is 5.85. The topological polar surface area (TPSA) is 66.8 Å². The van der Waals surface area contributed by atoms with Gasteiger partial charge in [0.25, 0.3) is 0 Å². The Labute approximate surface area is 116 Å². The molecule has 3 aliphatic rings. The van der Waals surface area contributed by atoms with Gasteiger partial charge >= 0.3 is 5.97 Å². The van der Waals surface area contributed by atoms with E-state index in [0.717, 1.165) is 12.8 Å². The van der Waals surface area contributed by atoms with Crippen LogP contribution in [0.15, 0.2) is 12.2 Å². The van der Waals surface area contributed by atoms with Crippen LogP contribution in [-0.2, 0) is 14.3 Å². The predicted octanol–water partition coefficient (Wildman–Crippen LogP) is 0.994. The van der Waals surface area contributed by atoms with Crippen molar-refractivity contribution < 1.29 is 23.8 Å². The molecule has 0 radical (unpaired) electrons. The lowest BCUT2D eigenvalue weighted by Crippen LogP contribution is -2.60. The number of nitrogens with zero attached hydrogens (tertiary/aromatic N) is 1. The number of amides is 1. The van der Waals surface area contributed by atoms with Gasteiger partial charge in [-0.2, -0.15) is 0 Å². The first-order valence-electron chi connectivity index (χ1n) is 6.92. The van der Waals surface area contributed by atoms with Gasteiger partial charge in [-0.3, -0.25) is 4.79 Å². The number of likely N-dealkylation sites (tertiary alicyclic amines) is 1. The summed E-state index contributed by atoms with van der Waals surface area (Å²) in [5.74, 6) is -1.75. The molecule has 1 N–H and O–H groups in total. The van der Waals surface area contributed by atoms with Crippen LogP contribution in [-0.4, -0.2) is 53.9 Å². The Bertz CT molecular complexity index is 474. The lowest BCUT2D eigenvalue weighted by atomic mass is 9.74. The Morgan fingerprint density at radius 2 is 2.05 bits per heavy atom. The summed E-state index contributed by atoms with van der Waals surface area (Å²) in [6.07, 6.45) is 6.25. The van der Waals surface area contributed by atoms with E-state index in [9.17, 15) is 19.1 Å². The largest absolute Gasteiger partial charge is 0.479 e. The van der Waals surface area contributed by atoms with Crippen molar-refractivity contribution in [2.24, 2.45) is 11.3 Å². The Morgan fingerprint density at radius 3 is 2.50 bits per heavy atom. The first-order chi connectivity index (χ1) is 9.48. The summed E-state index contributed by atoms with van der Waals surface area (Å²) in [6.45, 7) is -0.0616. The Morgan fingerprint density at radius 1 is 1.30 bits per heavy atom. The first-order valence-corrected chi connectivity index (χ1v) is 6.92. The fourth-order valence-corrected chi connectivity index (χ4v) is 3.37. The van der Waals surface area contributed by atoms with Gasteiger partial charge in [-0.25, -0.2) is 9.18 Å². The number of hydrogen-bond acceptors (Lipinski definition) is 3. The second-order valence-electron chi connectivity index (χ2n) is 6.06. The van der Waals surface area contributed by atoms with Crippen LogP contribution >= 0.6 is 0 Å². The van der Waals surface area contributed by atoms with Crippen molar-refractivity contribution in [2.45, 2.75) is 24.9 Å². The minimum absolute atomic E-state index is 0.0736. The van der Waals surface area contributed by atoms with Gasteiger partial charge in [0.05, 0.1) is 25.2 Å². The highest BCUT2D eigenvalue weighted by Crippen LogP contribution is 2.48. The smallest absolute Gasteiger partial charge is 0.344 e. The summed E-state index contributed by atoms with van der Waals surface area (Å²) < 4.78 is 19.9. The van der Waals surface area contributed by atoms with E-state index in [1.54, 1.807) is 0 Å². The van der Waals surface area contributed by atoms with Crippen molar-refractivity contribution >= 4 is 11.9 Å². The molecule has 2 atom stereocenters. The van der Waals surface area contributed by atoms with E-state index >= 15 is 0 Å². The molecule has 3 rings (SSSR count). The van der Waals surface area contributed by atoms with E-state index in [-0.39, 0.29) is 38.1 Å². The number of halogens is 1. The van der Waals surface area contributed by atoms with Crippen LogP contribution in [0.5, 0.6) is 0 Å². The molecular weight excluding hydrogens is 265 g/mol. The van der Waals surface area contributed by atoms with Crippen LogP contribution in [0.4, 0.5) is 4.39 Å². The van der Waals surface area contributed by atoms with Crippen LogP contribution in [0.25, 0.3) is 0 Å². The number of rotatable bonds is 2. The van der Waals surface area contributed by atoms with E-state index in [4.69, 9.17) is 4.74 Å². The van der Waals surface area contributed by atoms with Gasteiger partial charge in [0.15, 0.2) is 0 Å². The van der Waals surface area contributed by atoms with Crippen LogP contribution in [0, 0.1) is 11.3 Å². The molecule has 6 heteroatoms. The maximum Gasteiger partial charge on any atom is 0.344 e. The summed E-state index contributed by atoms with van der Waals surface area (Å²) in [7, 11) is 0. The lowest BCUT2D eigenvalue weighted by molar-refractivity contribution is -0.192. The van der Waals surface area contributed by atoms with Crippen LogP contribution < -0.4 is 0 Å². The van der Waals surface area contributed by atoms with E-state index in [1.165, 1.54) is 4.90 Å². The Kier molecular flexibility index (Phi) is 3.08. The molecule has 2 unspecified atom stereocenters. The van der Waals surface area contributed by atoms with Gasteiger partial charge in [-0.1, -0.05) is 12.2 Å². The number of carbonyl (C=O) groups is 2. The molecular formula is C14H18FNO4. The van der Waals surface area contributed by atoms with E-state index in [0.29, 0.717) is 6.42 Å². The van der Waals surface area contributed by atoms with E-state index < -0.39 is 17.1 Å².